The van der Waals surface area contributed by atoms with Gasteiger partial charge < -0.3 is 10.5 Å². The third-order valence-electron chi connectivity index (χ3n) is 2.37. The Labute approximate surface area is 127 Å². The summed E-state index contributed by atoms with van der Waals surface area (Å²) in [5.41, 5.74) is 6.14. The van der Waals surface area contributed by atoms with Gasteiger partial charge in [-0.2, -0.15) is 0 Å². The summed E-state index contributed by atoms with van der Waals surface area (Å²) in [7, 11) is -3.59. The summed E-state index contributed by atoms with van der Waals surface area (Å²) < 4.78 is 31.3. The van der Waals surface area contributed by atoms with Crippen LogP contribution in [0.1, 0.15) is 0 Å². The monoisotopic (exact) mass is 328 g/mol. The summed E-state index contributed by atoms with van der Waals surface area (Å²) >= 11 is 5.65. The van der Waals surface area contributed by atoms with Crippen LogP contribution in [0.5, 0.6) is 5.75 Å². The average molecular weight is 329 g/mol. The Morgan fingerprint density at radius 1 is 1.29 bits per heavy atom. The fourth-order valence-electron chi connectivity index (χ4n) is 1.47. The van der Waals surface area contributed by atoms with Crippen LogP contribution in [0.4, 0.5) is 11.5 Å². The number of hydrogen-bond acceptors (Lipinski definition) is 6. The lowest BCUT2D eigenvalue weighted by molar-refractivity contribution is 0.341. The summed E-state index contributed by atoms with van der Waals surface area (Å²) in [5, 5.41) is 0.152. The van der Waals surface area contributed by atoms with E-state index in [1.807, 2.05) is 0 Å². The zero-order chi connectivity index (χ0) is 15.3. The second-order valence-electron chi connectivity index (χ2n) is 4.07. The molecule has 1 aromatic carbocycles. The molecular weight excluding hydrogens is 316 g/mol. The molecule has 0 unspecified atom stereocenters. The van der Waals surface area contributed by atoms with E-state index in [4.69, 9.17) is 22.1 Å². The van der Waals surface area contributed by atoms with Crippen molar-refractivity contribution >= 4 is 33.1 Å². The van der Waals surface area contributed by atoms with Crippen molar-refractivity contribution in [1.82, 2.24) is 9.97 Å². The minimum Gasteiger partial charge on any atom is -0.492 e. The first-order valence-electron chi connectivity index (χ1n) is 5.91. The number of nitrogen functional groups attached to an aromatic ring is 1. The Morgan fingerprint density at radius 2 is 2.10 bits per heavy atom. The van der Waals surface area contributed by atoms with E-state index in [2.05, 4.69) is 14.7 Å². The Kier molecular flexibility index (Phi) is 4.81. The summed E-state index contributed by atoms with van der Waals surface area (Å²) in [5.74, 6) is 0.387. The highest BCUT2D eigenvalue weighted by Crippen LogP contribution is 2.15. The van der Waals surface area contributed by atoms with Gasteiger partial charge in [-0.3, -0.25) is 4.72 Å². The van der Waals surface area contributed by atoms with Crippen LogP contribution in [0, 0.1) is 0 Å². The molecule has 2 aromatic rings. The van der Waals surface area contributed by atoms with E-state index >= 15 is 0 Å². The van der Waals surface area contributed by atoms with Crippen LogP contribution in [0.15, 0.2) is 36.7 Å². The number of nitrogens with two attached hydrogens (primary N) is 1. The van der Waals surface area contributed by atoms with Crippen LogP contribution in [-0.4, -0.2) is 30.7 Å². The molecule has 2 rings (SSSR count). The maximum atomic E-state index is 11.8. The number of benzene rings is 1. The zero-order valence-electron chi connectivity index (χ0n) is 10.9. The molecule has 112 valence electrons. The molecule has 0 aliphatic rings. The van der Waals surface area contributed by atoms with Gasteiger partial charge in [0.25, 0.3) is 0 Å². The smallest absolute Gasteiger partial charge is 0.237 e. The van der Waals surface area contributed by atoms with Gasteiger partial charge in [-0.05, 0) is 12.1 Å². The third-order valence-corrected chi connectivity index (χ3v) is 3.80. The van der Waals surface area contributed by atoms with Gasteiger partial charge in [0.15, 0.2) is 0 Å². The molecule has 0 radical (unpaired) electrons. The zero-order valence-corrected chi connectivity index (χ0v) is 12.4. The number of sulfonamides is 1. The lowest BCUT2D eigenvalue weighted by Gasteiger charge is -2.09. The molecule has 1 heterocycles. The number of halogens is 1. The van der Waals surface area contributed by atoms with E-state index in [9.17, 15) is 8.42 Å². The lowest BCUT2D eigenvalue weighted by Crippen LogP contribution is -2.21. The predicted molar refractivity (Wildman–Crippen MR) is 80.8 cm³/mol. The normalized spacial score (nSPS) is 11.1. The van der Waals surface area contributed by atoms with Crippen molar-refractivity contribution in [2.75, 3.05) is 22.8 Å². The van der Waals surface area contributed by atoms with Crippen molar-refractivity contribution in [1.29, 1.82) is 0 Å². The van der Waals surface area contributed by atoms with Gasteiger partial charge in [-0.25, -0.2) is 18.4 Å². The molecule has 0 atom stereocenters. The number of anilines is 2. The number of hydrogen-bond donors (Lipinski definition) is 2. The van der Waals surface area contributed by atoms with Crippen molar-refractivity contribution in [3.63, 3.8) is 0 Å². The van der Waals surface area contributed by atoms with Gasteiger partial charge in [0.1, 0.15) is 35.4 Å². The maximum Gasteiger partial charge on any atom is 0.237 e. The van der Waals surface area contributed by atoms with Gasteiger partial charge in [0.2, 0.25) is 10.0 Å². The third kappa shape index (κ3) is 5.09. The van der Waals surface area contributed by atoms with Crippen LogP contribution in [0.2, 0.25) is 5.15 Å². The highest BCUT2D eigenvalue weighted by molar-refractivity contribution is 7.92. The van der Waals surface area contributed by atoms with E-state index in [-0.39, 0.29) is 23.3 Å². The molecule has 0 saturated carbocycles. The van der Waals surface area contributed by atoms with Crippen molar-refractivity contribution in [2.24, 2.45) is 0 Å². The van der Waals surface area contributed by atoms with Gasteiger partial charge in [0.05, 0.1) is 0 Å². The number of aromatic nitrogens is 2. The Balaban J connectivity index is 1.90. The van der Waals surface area contributed by atoms with E-state index in [0.717, 1.165) is 0 Å². The fourth-order valence-corrected chi connectivity index (χ4v) is 2.46. The molecule has 0 amide bonds. The first kappa shape index (κ1) is 15.3. The van der Waals surface area contributed by atoms with Gasteiger partial charge in [-0.15, -0.1) is 0 Å². The second-order valence-corrected chi connectivity index (χ2v) is 6.30. The predicted octanol–water partition coefficient (Wildman–Crippen LogP) is 1.53. The number of rotatable bonds is 6. The lowest BCUT2D eigenvalue weighted by atomic mass is 10.3. The van der Waals surface area contributed by atoms with Gasteiger partial charge in [0, 0.05) is 17.8 Å². The van der Waals surface area contributed by atoms with Crippen LogP contribution >= 0.6 is 11.6 Å². The number of ether oxygens (including phenoxy) is 1. The largest absolute Gasteiger partial charge is 0.492 e. The molecular formula is C12H13ClN4O3S. The summed E-state index contributed by atoms with van der Waals surface area (Å²) in [4.78, 5) is 7.42. The molecule has 1 aromatic heterocycles. The second kappa shape index (κ2) is 6.59. The molecule has 0 aliphatic carbocycles. The van der Waals surface area contributed by atoms with Crippen LogP contribution < -0.4 is 15.2 Å². The maximum absolute atomic E-state index is 11.8. The number of nitrogens with one attached hydrogen (secondary N) is 1. The fraction of sp³-hybridized carbons (Fsp3) is 0.167. The topological polar surface area (TPSA) is 107 Å². The first-order chi connectivity index (χ1) is 9.94. The van der Waals surface area contributed by atoms with Crippen molar-refractivity contribution < 1.29 is 13.2 Å². The van der Waals surface area contributed by atoms with Crippen molar-refractivity contribution in [3.05, 3.63) is 41.8 Å². The molecule has 0 fully saturated rings. The Morgan fingerprint density at radius 3 is 2.81 bits per heavy atom. The average Bonchev–Trinajstić information content (AvgIpc) is 2.38. The molecule has 0 spiro atoms. The summed E-state index contributed by atoms with van der Waals surface area (Å²) in [6.07, 6.45) is 1.17. The van der Waals surface area contributed by atoms with Crippen LogP contribution in [0.3, 0.4) is 0 Å². The van der Waals surface area contributed by atoms with Crippen molar-refractivity contribution in [2.45, 2.75) is 0 Å². The molecule has 9 heteroatoms. The quantitative estimate of drug-likeness (QED) is 0.615. The first-order valence-corrected chi connectivity index (χ1v) is 7.94. The molecule has 0 aliphatic heterocycles. The molecule has 3 N–H and O–H groups in total. The van der Waals surface area contributed by atoms with E-state index in [1.54, 1.807) is 24.3 Å². The number of nitrogens with zero attached hydrogens (tertiary/aromatic N) is 2. The van der Waals surface area contributed by atoms with Gasteiger partial charge in [-0.1, -0.05) is 17.7 Å². The highest BCUT2D eigenvalue weighted by atomic mass is 35.5. The molecule has 0 saturated heterocycles. The van der Waals surface area contributed by atoms with E-state index < -0.39 is 10.0 Å². The van der Waals surface area contributed by atoms with E-state index in [0.29, 0.717) is 11.4 Å². The Bertz CT molecular complexity index is 724. The van der Waals surface area contributed by atoms with Gasteiger partial charge >= 0.3 is 0 Å². The van der Waals surface area contributed by atoms with Crippen LogP contribution in [0.25, 0.3) is 0 Å². The molecule has 21 heavy (non-hydrogen) atoms. The minimum atomic E-state index is -3.59. The summed E-state index contributed by atoms with van der Waals surface area (Å²) in [6, 6.07) is 8.06. The molecule has 7 nitrogen and oxygen atoms in total. The summed E-state index contributed by atoms with van der Waals surface area (Å²) in [6.45, 7) is -0.0163. The Hall–Kier alpha value is -2.06. The van der Waals surface area contributed by atoms with E-state index in [1.165, 1.54) is 12.4 Å². The minimum absolute atomic E-state index is 0.0163. The standard InChI is InChI=1S/C12H13ClN4O3S/c13-11-7-12(16-8-15-11)17-21(18,19)5-4-20-10-3-1-2-9(14)6-10/h1-3,6-8H,4-5,14H2,(H,15,16,17). The SMILES string of the molecule is Nc1cccc(OCCS(=O)(=O)Nc2cc(Cl)ncn2)c1. The molecule has 0 bridgehead atoms. The van der Waals surface area contributed by atoms with Crippen molar-refractivity contribution in [3.8, 4) is 5.75 Å². The van der Waals surface area contributed by atoms with Crippen LogP contribution in [-0.2, 0) is 10.0 Å². The highest BCUT2D eigenvalue weighted by Gasteiger charge is 2.12.